The highest BCUT2D eigenvalue weighted by molar-refractivity contribution is 7.13. The highest BCUT2D eigenvalue weighted by atomic mass is 35.5. The molecule has 25 heavy (non-hydrogen) atoms. The molecule has 1 aromatic carbocycles. The van der Waals surface area contributed by atoms with Gasteiger partial charge < -0.3 is 19.6 Å². The Labute approximate surface area is 152 Å². The van der Waals surface area contributed by atoms with Crippen molar-refractivity contribution in [2.24, 2.45) is 0 Å². The van der Waals surface area contributed by atoms with E-state index in [1.165, 1.54) is 30.6 Å². The summed E-state index contributed by atoms with van der Waals surface area (Å²) in [7, 11) is 1.42. The summed E-state index contributed by atoms with van der Waals surface area (Å²) < 4.78 is 16.1. The standard InChI is InChI=1S/C16H14ClN3O4S/c1-8(14-19-20-15(24-14)13-4-3-5-25-13)23-16(21)9-6-10(17)11(18)7-12(9)22-2/h3-8H,18H2,1-2H3/t8-/m1/s1. The minimum absolute atomic E-state index is 0.159. The Bertz CT molecular complexity index is 895. The van der Waals surface area contributed by atoms with Gasteiger partial charge in [0.25, 0.3) is 11.8 Å². The number of methoxy groups -OCH3 is 1. The number of thiophene rings is 1. The Kier molecular flexibility index (Phi) is 4.91. The number of nitrogens with zero attached hydrogens (tertiary/aromatic N) is 2. The highest BCUT2D eigenvalue weighted by Gasteiger charge is 2.23. The molecule has 9 heteroatoms. The van der Waals surface area contributed by atoms with Crippen LogP contribution < -0.4 is 10.5 Å². The summed E-state index contributed by atoms with van der Waals surface area (Å²) in [6.45, 7) is 1.63. The van der Waals surface area contributed by atoms with Crippen molar-refractivity contribution in [3.8, 4) is 16.5 Å². The number of halogens is 1. The first-order valence-corrected chi connectivity index (χ1v) is 8.46. The van der Waals surface area contributed by atoms with Gasteiger partial charge in [0.2, 0.25) is 0 Å². The molecular formula is C16H14ClN3O4S. The van der Waals surface area contributed by atoms with Crippen LogP contribution in [0.25, 0.3) is 10.8 Å². The van der Waals surface area contributed by atoms with Crippen LogP contribution in [0.1, 0.15) is 29.3 Å². The number of rotatable bonds is 5. The van der Waals surface area contributed by atoms with Crippen LogP contribution in [0.15, 0.2) is 34.1 Å². The Morgan fingerprint density at radius 3 is 2.88 bits per heavy atom. The third-order valence-electron chi connectivity index (χ3n) is 3.34. The van der Waals surface area contributed by atoms with E-state index < -0.39 is 12.1 Å². The van der Waals surface area contributed by atoms with Crippen molar-refractivity contribution in [1.82, 2.24) is 10.2 Å². The predicted octanol–water partition coefficient (Wildman–Crippen LogP) is 3.96. The van der Waals surface area contributed by atoms with Gasteiger partial charge in [-0.3, -0.25) is 0 Å². The topological polar surface area (TPSA) is 100 Å². The van der Waals surface area contributed by atoms with Crippen molar-refractivity contribution < 1.29 is 18.7 Å². The first-order valence-electron chi connectivity index (χ1n) is 7.21. The molecule has 0 spiro atoms. The van der Waals surface area contributed by atoms with Crippen molar-refractivity contribution in [2.75, 3.05) is 12.8 Å². The normalized spacial score (nSPS) is 12.0. The number of nitrogen functional groups attached to an aromatic ring is 1. The molecule has 0 unspecified atom stereocenters. The molecule has 130 valence electrons. The summed E-state index contributed by atoms with van der Waals surface area (Å²) in [5, 5.41) is 10.0. The summed E-state index contributed by atoms with van der Waals surface area (Å²) in [5.41, 5.74) is 6.18. The number of esters is 1. The lowest BCUT2D eigenvalue weighted by Crippen LogP contribution is -2.11. The maximum atomic E-state index is 12.4. The van der Waals surface area contributed by atoms with E-state index in [1.54, 1.807) is 6.92 Å². The molecule has 2 N–H and O–H groups in total. The third kappa shape index (κ3) is 3.59. The van der Waals surface area contributed by atoms with Crippen molar-refractivity contribution >= 4 is 34.6 Å². The molecule has 0 bridgehead atoms. The number of hydrogen-bond donors (Lipinski definition) is 1. The first-order chi connectivity index (χ1) is 12.0. The van der Waals surface area contributed by atoms with Crippen molar-refractivity contribution in [3.63, 3.8) is 0 Å². The van der Waals surface area contributed by atoms with Gasteiger partial charge in [-0.15, -0.1) is 21.5 Å². The molecule has 0 fully saturated rings. The number of ether oxygens (including phenoxy) is 2. The second kappa shape index (κ2) is 7.12. The van der Waals surface area contributed by atoms with E-state index in [9.17, 15) is 4.79 Å². The molecule has 1 atom stereocenters. The van der Waals surface area contributed by atoms with Gasteiger partial charge >= 0.3 is 5.97 Å². The molecule has 7 nitrogen and oxygen atoms in total. The molecule has 3 rings (SSSR count). The number of benzene rings is 1. The van der Waals surface area contributed by atoms with Crippen LogP contribution in [0.4, 0.5) is 5.69 Å². The van der Waals surface area contributed by atoms with Crippen molar-refractivity contribution in [2.45, 2.75) is 13.0 Å². The van der Waals surface area contributed by atoms with Crippen LogP contribution in [-0.2, 0) is 4.74 Å². The lowest BCUT2D eigenvalue weighted by Gasteiger charge is -2.13. The number of aromatic nitrogens is 2. The predicted molar refractivity (Wildman–Crippen MR) is 93.9 cm³/mol. The zero-order valence-corrected chi connectivity index (χ0v) is 14.9. The number of anilines is 1. The van der Waals surface area contributed by atoms with E-state index >= 15 is 0 Å². The van der Waals surface area contributed by atoms with Crippen LogP contribution in [0.5, 0.6) is 5.75 Å². The number of nitrogens with two attached hydrogens (primary N) is 1. The summed E-state index contributed by atoms with van der Waals surface area (Å²) in [6.07, 6.45) is -0.741. The minimum Gasteiger partial charge on any atom is -0.496 e. The SMILES string of the molecule is COc1cc(N)c(Cl)cc1C(=O)O[C@H](C)c1nnc(-c2cccs2)o1. The molecule has 0 radical (unpaired) electrons. The van der Waals surface area contributed by atoms with Crippen LogP contribution in [0.2, 0.25) is 5.02 Å². The third-order valence-corrected chi connectivity index (χ3v) is 4.53. The largest absolute Gasteiger partial charge is 0.496 e. The summed E-state index contributed by atoms with van der Waals surface area (Å²) >= 11 is 7.45. The molecule has 2 aromatic heterocycles. The first kappa shape index (κ1) is 17.2. The Morgan fingerprint density at radius 2 is 2.20 bits per heavy atom. The van der Waals surface area contributed by atoms with E-state index in [1.807, 2.05) is 17.5 Å². The Morgan fingerprint density at radius 1 is 1.40 bits per heavy atom. The summed E-state index contributed by atoms with van der Waals surface area (Å²) in [5.74, 6) is 0.198. The van der Waals surface area contributed by atoms with E-state index in [0.717, 1.165) is 4.88 Å². The Balaban J connectivity index is 1.78. The van der Waals surface area contributed by atoms with E-state index in [-0.39, 0.29) is 22.2 Å². The molecule has 0 aliphatic heterocycles. The van der Waals surface area contributed by atoms with Crippen LogP contribution in [0.3, 0.4) is 0 Å². The summed E-state index contributed by atoms with van der Waals surface area (Å²) in [4.78, 5) is 13.3. The molecule has 2 heterocycles. The molecular weight excluding hydrogens is 366 g/mol. The van der Waals surface area contributed by atoms with E-state index in [0.29, 0.717) is 11.6 Å². The highest BCUT2D eigenvalue weighted by Crippen LogP contribution is 2.31. The van der Waals surface area contributed by atoms with Crippen molar-refractivity contribution in [1.29, 1.82) is 0 Å². The lowest BCUT2D eigenvalue weighted by molar-refractivity contribution is 0.0276. The van der Waals surface area contributed by atoms with Gasteiger partial charge in [0.15, 0.2) is 6.10 Å². The number of carbonyl (C=O) groups is 1. The maximum absolute atomic E-state index is 12.4. The lowest BCUT2D eigenvalue weighted by atomic mass is 10.2. The zero-order valence-electron chi connectivity index (χ0n) is 13.4. The van der Waals surface area contributed by atoms with Gasteiger partial charge in [0.1, 0.15) is 11.3 Å². The van der Waals surface area contributed by atoms with Crippen LogP contribution >= 0.6 is 22.9 Å². The fourth-order valence-electron chi connectivity index (χ4n) is 2.07. The molecule has 0 saturated carbocycles. The number of hydrogen-bond acceptors (Lipinski definition) is 8. The maximum Gasteiger partial charge on any atom is 0.342 e. The zero-order chi connectivity index (χ0) is 18.0. The van der Waals surface area contributed by atoms with E-state index in [2.05, 4.69) is 10.2 Å². The smallest absolute Gasteiger partial charge is 0.342 e. The van der Waals surface area contributed by atoms with E-state index in [4.69, 9.17) is 31.2 Å². The van der Waals surface area contributed by atoms with Gasteiger partial charge in [-0.1, -0.05) is 17.7 Å². The van der Waals surface area contributed by atoms with Crippen LogP contribution in [0, 0.1) is 0 Å². The average molecular weight is 380 g/mol. The second-order valence-electron chi connectivity index (χ2n) is 5.04. The van der Waals surface area contributed by atoms with Gasteiger partial charge in [0, 0.05) is 6.07 Å². The molecule has 0 aliphatic carbocycles. The summed E-state index contributed by atoms with van der Waals surface area (Å²) in [6, 6.07) is 6.60. The quantitative estimate of drug-likeness (QED) is 0.528. The fraction of sp³-hybridized carbons (Fsp3) is 0.188. The molecule has 0 saturated heterocycles. The van der Waals surface area contributed by atoms with Crippen molar-refractivity contribution in [3.05, 3.63) is 46.1 Å². The van der Waals surface area contributed by atoms with Gasteiger partial charge in [-0.05, 0) is 24.4 Å². The Hall–Kier alpha value is -2.58. The number of carbonyl (C=O) groups excluding carboxylic acids is 1. The second-order valence-corrected chi connectivity index (χ2v) is 6.40. The average Bonchev–Trinajstić information content (AvgIpc) is 3.27. The molecule has 0 aliphatic rings. The molecule has 3 aromatic rings. The van der Waals surface area contributed by atoms with Gasteiger partial charge in [0.05, 0.1) is 22.7 Å². The van der Waals surface area contributed by atoms with Crippen LogP contribution in [-0.4, -0.2) is 23.3 Å². The molecule has 0 amide bonds. The van der Waals surface area contributed by atoms with Gasteiger partial charge in [-0.25, -0.2) is 4.79 Å². The monoisotopic (exact) mass is 379 g/mol. The van der Waals surface area contributed by atoms with Gasteiger partial charge in [-0.2, -0.15) is 0 Å². The fourth-order valence-corrected chi connectivity index (χ4v) is 2.88. The minimum atomic E-state index is -0.741.